The van der Waals surface area contributed by atoms with E-state index >= 15 is 0 Å². The summed E-state index contributed by atoms with van der Waals surface area (Å²) >= 11 is 0. The number of Topliss-reactive ketones (excluding diaryl/α,β-unsaturated/α-hetero) is 5. The molecule has 0 aromatic carbocycles. The van der Waals surface area contributed by atoms with Gasteiger partial charge in [0.05, 0.1) is 38.4 Å². The quantitative estimate of drug-likeness (QED) is 0.295. The second-order valence-electron chi connectivity index (χ2n) is 11.0. The number of rotatable bonds is 5. The number of aliphatic hydroxyl groups excluding tert-OH is 1. The predicted molar refractivity (Wildman–Crippen MR) is 142 cm³/mol. The fraction of sp³-hybridized carbons (Fsp3) is 0.483. The smallest absolute Gasteiger partial charge is 0.287 e. The van der Waals surface area contributed by atoms with Gasteiger partial charge in [-0.3, -0.25) is 38.6 Å². The zero-order valence-electron chi connectivity index (χ0n) is 23.9. The first-order valence-electron chi connectivity index (χ1n) is 13.3. The molecule has 2 N–H and O–H groups in total. The lowest BCUT2D eigenvalue weighted by molar-refractivity contribution is -0.137. The van der Waals surface area contributed by atoms with Crippen LogP contribution < -0.4 is 5.32 Å². The number of likely N-dealkylation sites (N-methyl/N-ethyl adjacent to an activating group) is 1. The van der Waals surface area contributed by atoms with E-state index in [1.807, 2.05) is 0 Å². The number of nitrogens with one attached hydrogen (secondary N) is 1. The van der Waals surface area contributed by atoms with Crippen LogP contribution in [-0.2, 0) is 38.2 Å². The highest BCUT2D eigenvalue weighted by atomic mass is 16.5. The van der Waals surface area contributed by atoms with Gasteiger partial charge >= 0.3 is 0 Å². The summed E-state index contributed by atoms with van der Waals surface area (Å²) in [4.78, 5) is 82.1. The summed E-state index contributed by atoms with van der Waals surface area (Å²) in [5, 5.41) is 24.6. The van der Waals surface area contributed by atoms with Crippen molar-refractivity contribution in [2.75, 3.05) is 27.8 Å². The van der Waals surface area contributed by atoms with Gasteiger partial charge in [0.25, 0.3) is 5.91 Å². The molecule has 13 heteroatoms. The van der Waals surface area contributed by atoms with E-state index in [1.165, 1.54) is 28.1 Å². The molecule has 13 nitrogen and oxygen atoms in total. The van der Waals surface area contributed by atoms with Crippen molar-refractivity contribution in [3.63, 3.8) is 0 Å². The molecule has 2 bridgehead atoms. The van der Waals surface area contributed by atoms with Gasteiger partial charge in [0, 0.05) is 52.9 Å². The highest BCUT2D eigenvalue weighted by Gasteiger charge is 2.62. The van der Waals surface area contributed by atoms with Crippen molar-refractivity contribution in [2.45, 2.75) is 63.5 Å². The largest absolute Gasteiger partial charge is 0.492 e. The molecular formula is C29H30N4O9. The van der Waals surface area contributed by atoms with Crippen LogP contribution in [0.3, 0.4) is 0 Å². The van der Waals surface area contributed by atoms with Crippen LogP contribution in [0.2, 0.25) is 0 Å². The average molecular weight is 579 g/mol. The molecule has 1 amide bonds. The van der Waals surface area contributed by atoms with E-state index in [1.54, 1.807) is 16.8 Å². The lowest BCUT2D eigenvalue weighted by atomic mass is 9.66. The molecule has 0 aromatic rings. The van der Waals surface area contributed by atoms with Crippen molar-refractivity contribution in [1.29, 1.82) is 5.26 Å². The van der Waals surface area contributed by atoms with E-state index in [-0.39, 0.29) is 57.9 Å². The summed E-state index contributed by atoms with van der Waals surface area (Å²) in [6.45, 7) is 3.63. The van der Waals surface area contributed by atoms with Crippen LogP contribution in [0.1, 0.15) is 27.2 Å². The van der Waals surface area contributed by atoms with Crippen LogP contribution >= 0.6 is 0 Å². The number of methoxy groups -OCH3 is 2. The Morgan fingerprint density at radius 2 is 1.55 bits per heavy atom. The fourth-order valence-corrected chi connectivity index (χ4v) is 7.21. The van der Waals surface area contributed by atoms with Gasteiger partial charge in [-0.1, -0.05) is 0 Å². The molecule has 6 atom stereocenters. The van der Waals surface area contributed by atoms with E-state index in [4.69, 9.17) is 9.47 Å². The van der Waals surface area contributed by atoms with Crippen LogP contribution in [0.15, 0.2) is 45.0 Å². The van der Waals surface area contributed by atoms with Gasteiger partial charge in [-0.15, -0.1) is 0 Å². The van der Waals surface area contributed by atoms with Gasteiger partial charge < -0.3 is 19.9 Å². The zero-order valence-corrected chi connectivity index (χ0v) is 23.9. The molecule has 5 rings (SSSR count). The number of hydrogen-bond acceptors (Lipinski definition) is 12. The highest BCUT2D eigenvalue weighted by Crippen LogP contribution is 2.49. The molecule has 0 radical (unpaired) electrons. The number of ether oxygens (including phenoxy) is 2. The average Bonchev–Trinajstić information content (AvgIpc) is 2.95. The van der Waals surface area contributed by atoms with Crippen molar-refractivity contribution in [2.24, 2.45) is 0 Å². The van der Waals surface area contributed by atoms with Gasteiger partial charge in [0.15, 0.2) is 23.1 Å². The highest BCUT2D eigenvalue weighted by molar-refractivity contribution is 6.35. The number of nitrogens with zero attached hydrogens (tertiary/aromatic N) is 3. The van der Waals surface area contributed by atoms with E-state index in [9.17, 15) is 39.1 Å². The van der Waals surface area contributed by atoms with E-state index in [0.717, 1.165) is 6.92 Å². The second-order valence-corrected chi connectivity index (χ2v) is 11.0. The number of piperazine rings is 1. The molecule has 42 heavy (non-hydrogen) atoms. The lowest BCUT2D eigenvalue weighted by Gasteiger charge is -2.61. The first kappa shape index (κ1) is 29.2. The van der Waals surface area contributed by atoms with E-state index < -0.39 is 71.1 Å². The molecule has 1 fully saturated rings. The second kappa shape index (κ2) is 10.2. The molecule has 0 aromatic heterocycles. The molecule has 5 aliphatic rings. The summed E-state index contributed by atoms with van der Waals surface area (Å²) in [5.74, 6) is -4.30. The van der Waals surface area contributed by atoms with Gasteiger partial charge in [0.2, 0.25) is 17.3 Å². The molecule has 1 saturated heterocycles. The predicted octanol–water partition coefficient (Wildman–Crippen LogP) is -1.18. The Kier molecular flexibility index (Phi) is 7.13. The molecular weight excluding hydrogens is 548 g/mol. The zero-order chi connectivity index (χ0) is 30.9. The third kappa shape index (κ3) is 3.79. The first-order valence-corrected chi connectivity index (χ1v) is 13.3. The summed E-state index contributed by atoms with van der Waals surface area (Å²) in [6.07, 6.45) is -1.63. The fourth-order valence-electron chi connectivity index (χ4n) is 7.21. The molecule has 0 saturated carbocycles. The molecule has 3 aliphatic heterocycles. The maximum Gasteiger partial charge on any atom is 0.287 e. The Morgan fingerprint density at radius 3 is 2.10 bits per heavy atom. The summed E-state index contributed by atoms with van der Waals surface area (Å²) in [6, 6.07) is -2.82. The molecule has 2 aliphatic carbocycles. The van der Waals surface area contributed by atoms with Crippen LogP contribution in [-0.4, -0.2) is 114 Å². The number of nitriles is 1. The molecule has 3 heterocycles. The Balaban J connectivity index is 1.74. The number of hydrogen-bond donors (Lipinski definition) is 2. The number of carbonyl (C=O) groups excluding carboxylic acids is 6. The van der Waals surface area contributed by atoms with Crippen LogP contribution in [0.4, 0.5) is 0 Å². The number of aliphatic hydroxyl groups is 1. The number of fused-ring (bicyclic) bond motifs is 5. The monoisotopic (exact) mass is 578 g/mol. The number of carbonyl (C=O) groups is 6. The minimum absolute atomic E-state index is 0.00455. The van der Waals surface area contributed by atoms with Gasteiger partial charge in [-0.2, -0.15) is 5.26 Å². The minimum atomic E-state index is -1.56. The van der Waals surface area contributed by atoms with E-state index in [2.05, 4.69) is 11.4 Å². The maximum atomic E-state index is 13.8. The van der Waals surface area contributed by atoms with E-state index in [0.29, 0.717) is 0 Å². The third-order valence-electron chi connectivity index (χ3n) is 9.04. The van der Waals surface area contributed by atoms with Crippen LogP contribution in [0.25, 0.3) is 0 Å². The van der Waals surface area contributed by atoms with Crippen molar-refractivity contribution in [3.05, 3.63) is 45.0 Å². The number of allylic oxidation sites excluding steroid dienone is 4. The maximum absolute atomic E-state index is 13.8. The van der Waals surface area contributed by atoms with Crippen molar-refractivity contribution in [3.8, 4) is 6.07 Å². The Labute approximate surface area is 241 Å². The summed E-state index contributed by atoms with van der Waals surface area (Å²) in [7, 11) is 4.14. The van der Waals surface area contributed by atoms with Gasteiger partial charge in [-0.25, -0.2) is 0 Å². The third-order valence-corrected chi connectivity index (χ3v) is 9.04. The van der Waals surface area contributed by atoms with Gasteiger partial charge in [-0.05, 0) is 27.3 Å². The summed E-state index contributed by atoms with van der Waals surface area (Å²) < 4.78 is 10.6. The number of ketones is 5. The Morgan fingerprint density at radius 1 is 0.976 bits per heavy atom. The normalized spacial score (nSPS) is 31.5. The topological polar surface area (TPSA) is 183 Å². The van der Waals surface area contributed by atoms with Gasteiger partial charge in [0.1, 0.15) is 12.1 Å². The summed E-state index contributed by atoms with van der Waals surface area (Å²) in [5.41, 5.74) is 0.141. The Hall–Kier alpha value is -4.25. The van der Waals surface area contributed by atoms with Crippen molar-refractivity contribution in [1.82, 2.24) is 15.1 Å². The van der Waals surface area contributed by atoms with Crippen LogP contribution in [0, 0.1) is 11.3 Å². The van der Waals surface area contributed by atoms with Crippen molar-refractivity contribution >= 4 is 34.8 Å². The minimum Gasteiger partial charge on any atom is -0.492 e. The van der Waals surface area contributed by atoms with Crippen molar-refractivity contribution < 1.29 is 43.3 Å². The number of amides is 1. The molecule has 1 unspecified atom stereocenters. The SMILES string of the molecule is COC1=C(C)C(=O)C2=C(C1=O)[C@H]1[C@@H]3CC4=C(C(=O)C(OC)=C(C)C4=O)[C@H](CNC(=O)C(C)=O)N3[C@@H](C#N)[C@@H](C2O)N1C. The Bertz CT molecular complexity index is 1560. The first-order chi connectivity index (χ1) is 19.8. The lowest BCUT2D eigenvalue weighted by Crippen LogP contribution is -2.77. The standard InChI is InChI=1S/C29H30N4O9/c1-10-22(35)13-7-14-20-18-19(23(36)11(2)28(42-6)26(18)39)24(37)21(32(20)4)15(8-30)33(14)16(9-31-29(40)12(3)34)17(13)25(38)27(10)41-5/h14-16,20-21,24,37H,7,9H2,1-6H3,(H,31,40)/t14-,15-,16-,20+,21-,24?/m0/s1. The molecule has 220 valence electrons. The van der Waals surface area contributed by atoms with Crippen LogP contribution in [0.5, 0.6) is 0 Å². The molecule has 0 spiro atoms.